The average Bonchev–Trinajstić information content (AvgIpc) is 3.36. The molecule has 0 aromatic heterocycles. The third kappa shape index (κ3) is 8.80. The van der Waals surface area contributed by atoms with Gasteiger partial charge in [-0.3, -0.25) is 14.4 Å². The second kappa shape index (κ2) is 15.2. The van der Waals surface area contributed by atoms with Crippen molar-refractivity contribution >= 4 is 17.7 Å². The number of nitrogens with zero attached hydrogens (tertiary/aromatic N) is 2. The van der Waals surface area contributed by atoms with Gasteiger partial charge in [0.1, 0.15) is 0 Å². The Morgan fingerprint density at radius 3 is 2.26 bits per heavy atom. The molecule has 8 heteroatoms. The van der Waals surface area contributed by atoms with Crippen LogP contribution in [0, 0.1) is 11.8 Å². The summed E-state index contributed by atoms with van der Waals surface area (Å²) in [4.78, 5) is 42.7. The molecule has 0 unspecified atom stereocenters. The summed E-state index contributed by atoms with van der Waals surface area (Å²) in [5, 5.41) is 3.12. The Balaban J connectivity index is 2.02. The monoisotopic (exact) mass is 531 g/mol. The van der Waals surface area contributed by atoms with Gasteiger partial charge in [0, 0.05) is 40.3 Å². The zero-order valence-electron chi connectivity index (χ0n) is 24.6. The maximum Gasteiger partial charge on any atom is 0.225 e. The number of nitrogens with one attached hydrogen (secondary N) is 1. The molecule has 1 N–H and O–H groups in total. The number of ether oxygens (including phenoxy) is 2. The van der Waals surface area contributed by atoms with E-state index in [9.17, 15) is 14.4 Å². The number of benzene rings is 1. The first-order valence-corrected chi connectivity index (χ1v) is 13.9. The van der Waals surface area contributed by atoms with Crippen LogP contribution < -0.4 is 5.32 Å². The molecule has 0 bridgehead atoms. The molecule has 0 aliphatic carbocycles. The van der Waals surface area contributed by atoms with E-state index in [-0.39, 0.29) is 48.2 Å². The van der Waals surface area contributed by atoms with Crippen molar-refractivity contribution in [1.82, 2.24) is 15.1 Å². The number of carbonyl (C=O) groups excluding carboxylic acids is 3. The molecule has 1 saturated heterocycles. The second-order valence-corrected chi connectivity index (χ2v) is 11.2. The fourth-order valence-corrected chi connectivity index (χ4v) is 5.39. The van der Waals surface area contributed by atoms with Crippen molar-refractivity contribution in [1.29, 1.82) is 0 Å². The van der Waals surface area contributed by atoms with Crippen LogP contribution in [0.15, 0.2) is 30.3 Å². The van der Waals surface area contributed by atoms with Gasteiger partial charge in [-0.1, -0.05) is 51.1 Å². The molecule has 1 heterocycles. The SMILES string of the molecule is CO[C@H]([C@@H](C)C(=O)N[C@H](C)Cc1ccccc1)[C@@H]1CCCN1C(=O)C[C@@H](OC)[C@H](C)N(C)C(=O)CC(C)C. The Bertz CT molecular complexity index is 893. The molecule has 1 aromatic rings. The lowest BCUT2D eigenvalue weighted by atomic mass is 9.94. The van der Waals surface area contributed by atoms with E-state index in [2.05, 4.69) is 17.4 Å². The van der Waals surface area contributed by atoms with E-state index in [0.29, 0.717) is 13.0 Å². The Labute approximate surface area is 229 Å². The Kier molecular flexibility index (Phi) is 12.7. The standard InChI is InChI=1S/C30H49N3O5/c1-20(2)17-27(34)32(6)23(5)26(37-7)19-28(35)33-16-12-15-25(33)29(38-8)22(4)30(36)31-21(3)18-24-13-10-9-11-14-24/h9-11,13-14,20-23,25-26,29H,12,15-19H2,1-8H3,(H,31,36)/t21-,22-,23+,25+,26-,29-/m1/s1. The first-order valence-electron chi connectivity index (χ1n) is 13.9. The molecule has 3 amide bonds. The van der Waals surface area contributed by atoms with E-state index in [0.717, 1.165) is 19.3 Å². The van der Waals surface area contributed by atoms with Crippen molar-refractivity contribution in [2.75, 3.05) is 27.8 Å². The zero-order chi connectivity index (χ0) is 28.4. The maximum atomic E-state index is 13.5. The van der Waals surface area contributed by atoms with Crippen LogP contribution in [0.3, 0.4) is 0 Å². The van der Waals surface area contributed by atoms with Gasteiger partial charge in [0.05, 0.1) is 36.6 Å². The van der Waals surface area contributed by atoms with E-state index >= 15 is 0 Å². The number of hydrogen-bond acceptors (Lipinski definition) is 5. The number of likely N-dealkylation sites (N-methyl/N-ethyl adjacent to an activating group) is 1. The van der Waals surface area contributed by atoms with E-state index in [4.69, 9.17) is 9.47 Å². The summed E-state index contributed by atoms with van der Waals surface area (Å²) >= 11 is 0. The molecule has 8 nitrogen and oxygen atoms in total. The molecule has 0 saturated carbocycles. The normalized spacial score (nSPS) is 19.5. The highest BCUT2D eigenvalue weighted by Gasteiger charge is 2.41. The molecule has 2 rings (SSSR count). The van der Waals surface area contributed by atoms with Gasteiger partial charge in [0.25, 0.3) is 0 Å². The van der Waals surface area contributed by atoms with Crippen molar-refractivity contribution in [3.8, 4) is 0 Å². The Morgan fingerprint density at radius 2 is 1.68 bits per heavy atom. The summed E-state index contributed by atoms with van der Waals surface area (Å²) in [5.74, 6) is -0.233. The predicted molar refractivity (Wildman–Crippen MR) is 150 cm³/mol. The van der Waals surface area contributed by atoms with Crippen molar-refractivity contribution in [2.45, 2.75) is 97.1 Å². The van der Waals surface area contributed by atoms with Crippen molar-refractivity contribution < 1.29 is 23.9 Å². The van der Waals surface area contributed by atoms with Crippen molar-refractivity contribution in [2.24, 2.45) is 11.8 Å². The minimum atomic E-state index is -0.426. The van der Waals surface area contributed by atoms with Crippen molar-refractivity contribution in [3.05, 3.63) is 35.9 Å². The van der Waals surface area contributed by atoms with Gasteiger partial charge >= 0.3 is 0 Å². The van der Waals surface area contributed by atoms with Gasteiger partial charge in [-0.15, -0.1) is 0 Å². The summed E-state index contributed by atoms with van der Waals surface area (Å²) in [5.41, 5.74) is 1.17. The molecule has 214 valence electrons. The number of methoxy groups -OCH3 is 2. The number of carbonyl (C=O) groups is 3. The molecule has 1 aliphatic rings. The van der Waals surface area contributed by atoms with Gasteiger partial charge in [-0.2, -0.15) is 0 Å². The maximum absolute atomic E-state index is 13.5. The largest absolute Gasteiger partial charge is 0.379 e. The third-order valence-corrected chi connectivity index (χ3v) is 7.75. The van der Waals surface area contributed by atoms with Gasteiger partial charge in [-0.05, 0) is 44.6 Å². The van der Waals surface area contributed by atoms with Crippen LogP contribution in [0.1, 0.15) is 65.9 Å². The minimum absolute atomic E-state index is 0.0227. The quantitative estimate of drug-likeness (QED) is 0.396. The number of hydrogen-bond donors (Lipinski definition) is 1. The molecule has 1 aliphatic heterocycles. The van der Waals surface area contributed by atoms with E-state index in [1.54, 1.807) is 26.2 Å². The summed E-state index contributed by atoms with van der Waals surface area (Å²) in [6, 6.07) is 9.62. The summed E-state index contributed by atoms with van der Waals surface area (Å²) in [6.45, 7) is 10.4. The fraction of sp³-hybridized carbons (Fsp3) is 0.700. The van der Waals surface area contributed by atoms with Crippen LogP contribution in [0.4, 0.5) is 0 Å². The van der Waals surface area contributed by atoms with Gasteiger partial charge in [0.2, 0.25) is 17.7 Å². The summed E-state index contributed by atoms with van der Waals surface area (Å²) < 4.78 is 11.5. The molecule has 0 radical (unpaired) electrons. The third-order valence-electron chi connectivity index (χ3n) is 7.75. The lowest BCUT2D eigenvalue weighted by Gasteiger charge is -2.36. The van der Waals surface area contributed by atoms with Gasteiger partial charge in [-0.25, -0.2) is 0 Å². The minimum Gasteiger partial charge on any atom is -0.379 e. The Morgan fingerprint density at radius 1 is 1.03 bits per heavy atom. The summed E-state index contributed by atoms with van der Waals surface area (Å²) in [6.07, 6.45) is 2.16. The fourth-order valence-electron chi connectivity index (χ4n) is 5.39. The van der Waals surface area contributed by atoms with Crippen molar-refractivity contribution in [3.63, 3.8) is 0 Å². The van der Waals surface area contributed by atoms with Crippen LogP contribution in [-0.2, 0) is 30.3 Å². The Hall–Kier alpha value is -2.45. The second-order valence-electron chi connectivity index (χ2n) is 11.2. The molecular weight excluding hydrogens is 482 g/mol. The van der Waals surface area contributed by atoms with Gasteiger partial charge < -0.3 is 24.6 Å². The summed E-state index contributed by atoms with van der Waals surface area (Å²) in [7, 11) is 4.96. The van der Waals surface area contributed by atoms with Crippen LogP contribution in [-0.4, -0.2) is 85.7 Å². The smallest absolute Gasteiger partial charge is 0.225 e. The molecule has 1 fully saturated rings. The number of likely N-dealkylation sites (tertiary alicyclic amines) is 1. The highest BCUT2D eigenvalue weighted by atomic mass is 16.5. The van der Waals surface area contributed by atoms with E-state index < -0.39 is 18.1 Å². The van der Waals surface area contributed by atoms with Crippen LogP contribution in [0.5, 0.6) is 0 Å². The average molecular weight is 532 g/mol. The highest BCUT2D eigenvalue weighted by molar-refractivity contribution is 5.80. The molecule has 1 aromatic carbocycles. The number of rotatable bonds is 14. The topological polar surface area (TPSA) is 88.2 Å². The first kappa shape index (κ1) is 31.8. The molecule has 6 atom stereocenters. The van der Waals surface area contributed by atoms with Crippen LogP contribution in [0.25, 0.3) is 0 Å². The van der Waals surface area contributed by atoms with E-state index in [1.165, 1.54) is 5.56 Å². The first-order chi connectivity index (χ1) is 18.0. The van der Waals surface area contributed by atoms with Gasteiger partial charge in [0.15, 0.2) is 0 Å². The lowest BCUT2D eigenvalue weighted by molar-refractivity contribution is -0.144. The lowest BCUT2D eigenvalue weighted by Crippen LogP contribution is -2.52. The molecule has 0 spiro atoms. The molecular formula is C30H49N3O5. The van der Waals surface area contributed by atoms with Crippen LogP contribution in [0.2, 0.25) is 0 Å². The van der Waals surface area contributed by atoms with Crippen LogP contribution >= 0.6 is 0 Å². The molecule has 38 heavy (non-hydrogen) atoms. The zero-order valence-corrected chi connectivity index (χ0v) is 24.6. The number of amides is 3. The highest BCUT2D eigenvalue weighted by Crippen LogP contribution is 2.28. The predicted octanol–water partition coefficient (Wildman–Crippen LogP) is 3.67. The van der Waals surface area contributed by atoms with E-state index in [1.807, 2.05) is 57.7 Å².